The van der Waals surface area contributed by atoms with Crippen molar-refractivity contribution in [1.29, 1.82) is 0 Å². The number of carboxylic acid groups (broad SMARTS) is 1. The van der Waals surface area contributed by atoms with Crippen LogP contribution in [-0.4, -0.2) is 11.1 Å². The minimum absolute atomic E-state index is 0.316. The van der Waals surface area contributed by atoms with Crippen LogP contribution in [0.5, 0.6) is 0 Å². The predicted octanol–water partition coefficient (Wildman–Crippen LogP) is 3.73. The molecule has 0 aromatic heterocycles. The quantitative estimate of drug-likeness (QED) is 0.387. The molecule has 0 atom stereocenters. The molecule has 0 radical (unpaired) electrons. The molecule has 82 valence electrons. The number of rotatable bonds is 3. The number of carboxylic acids is 1. The van der Waals surface area contributed by atoms with Crippen LogP contribution in [0.3, 0.4) is 0 Å². The van der Waals surface area contributed by atoms with Gasteiger partial charge < -0.3 is 5.11 Å². The Morgan fingerprint density at radius 1 is 1.50 bits per heavy atom. The number of benzene rings is 1. The van der Waals surface area contributed by atoms with E-state index >= 15 is 0 Å². The van der Waals surface area contributed by atoms with Gasteiger partial charge in [-0.2, -0.15) is 0 Å². The molecule has 0 saturated heterocycles. The first-order chi connectivity index (χ1) is 7.54. The highest BCUT2D eigenvalue weighted by molar-refractivity contribution is 6.34. The van der Waals surface area contributed by atoms with E-state index in [0.717, 1.165) is 6.08 Å². The number of hydrogen-bond donors (Lipinski definition) is 1. The smallest absolute Gasteiger partial charge is 0.338 e. The molecular formula is C9H5Cl2N3O2. The summed E-state index contributed by atoms with van der Waals surface area (Å²) < 4.78 is 0. The average Bonchev–Trinajstić information content (AvgIpc) is 2.22. The molecule has 0 aliphatic carbocycles. The standard InChI is InChI=1S/C9H5Cl2N3O2/c10-6-1-2-7(11)5(3-6)4-8(9(15)16)13-14-12/h1-4H,(H,15,16). The summed E-state index contributed by atoms with van der Waals surface area (Å²) in [6.45, 7) is 0. The maximum Gasteiger partial charge on any atom is 0.338 e. The zero-order valence-corrected chi connectivity index (χ0v) is 9.27. The molecular weight excluding hydrogens is 253 g/mol. The van der Waals surface area contributed by atoms with Crippen LogP contribution >= 0.6 is 23.2 Å². The van der Waals surface area contributed by atoms with E-state index in [0.29, 0.717) is 15.6 Å². The molecule has 0 bridgehead atoms. The van der Waals surface area contributed by atoms with Crippen molar-refractivity contribution in [2.24, 2.45) is 5.11 Å². The Labute approximate surface area is 101 Å². The summed E-state index contributed by atoms with van der Waals surface area (Å²) >= 11 is 11.5. The highest BCUT2D eigenvalue weighted by Gasteiger charge is 2.06. The van der Waals surface area contributed by atoms with Gasteiger partial charge in [0.25, 0.3) is 0 Å². The Kier molecular flexibility index (Phi) is 4.19. The summed E-state index contributed by atoms with van der Waals surface area (Å²) in [4.78, 5) is 13.1. The fourth-order valence-corrected chi connectivity index (χ4v) is 1.31. The third-order valence-corrected chi connectivity index (χ3v) is 2.20. The summed E-state index contributed by atoms with van der Waals surface area (Å²) in [6, 6.07) is 4.56. The third kappa shape index (κ3) is 3.17. The van der Waals surface area contributed by atoms with Crippen LogP contribution in [-0.2, 0) is 4.79 Å². The van der Waals surface area contributed by atoms with E-state index in [9.17, 15) is 4.79 Å². The van der Waals surface area contributed by atoms with Crippen molar-refractivity contribution in [2.45, 2.75) is 0 Å². The second-order valence-electron chi connectivity index (χ2n) is 2.69. The zero-order chi connectivity index (χ0) is 12.1. The van der Waals surface area contributed by atoms with Gasteiger partial charge in [-0.1, -0.05) is 28.3 Å². The monoisotopic (exact) mass is 257 g/mol. The van der Waals surface area contributed by atoms with E-state index in [4.69, 9.17) is 33.8 Å². The van der Waals surface area contributed by atoms with E-state index in [1.807, 2.05) is 0 Å². The Balaban J connectivity index is 3.27. The van der Waals surface area contributed by atoms with Gasteiger partial charge in [0, 0.05) is 15.0 Å². The van der Waals surface area contributed by atoms with Crippen LogP contribution < -0.4 is 0 Å². The topological polar surface area (TPSA) is 86.1 Å². The summed E-state index contributed by atoms with van der Waals surface area (Å²) in [6.07, 6.45) is 1.15. The van der Waals surface area contributed by atoms with E-state index in [2.05, 4.69) is 10.0 Å². The molecule has 1 N–H and O–H groups in total. The number of azide groups is 1. The van der Waals surface area contributed by atoms with E-state index in [1.54, 1.807) is 6.07 Å². The molecule has 0 aliphatic heterocycles. The van der Waals surface area contributed by atoms with Crippen LogP contribution in [0.4, 0.5) is 0 Å². The zero-order valence-electron chi connectivity index (χ0n) is 7.76. The van der Waals surface area contributed by atoms with Crippen molar-refractivity contribution in [2.75, 3.05) is 0 Å². The van der Waals surface area contributed by atoms with Gasteiger partial charge in [0.05, 0.1) is 0 Å². The Morgan fingerprint density at radius 2 is 2.19 bits per heavy atom. The predicted molar refractivity (Wildman–Crippen MR) is 61.2 cm³/mol. The molecule has 0 unspecified atom stereocenters. The molecule has 5 nitrogen and oxygen atoms in total. The van der Waals surface area contributed by atoms with Crippen molar-refractivity contribution in [3.05, 3.63) is 49.9 Å². The number of halogens is 2. The van der Waals surface area contributed by atoms with Crippen LogP contribution in [0.1, 0.15) is 5.56 Å². The van der Waals surface area contributed by atoms with Gasteiger partial charge in [-0.05, 0) is 35.4 Å². The molecule has 1 aromatic carbocycles. The minimum Gasteiger partial charge on any atom is -0.478 e. The fraction of sp³-hybridized carbons (Fsp3) is 0. The Hall–Kier alpha value is -1.68. The summed E-state index contributed by atoms with van der Waals surface area (Å²) in [5.74, 6) is -1.34. The summed E-state index contributed by atoms with van der Waals surface area (Å²) in [5, 5.41) is 12.5. The molecule has 16 heavy (non-hydrogen) atoms. The molecule has 7 heteroatoms. The number of aliphatic carboxylic acids is 1. The van der Waals surface area contributed by atoms with Gasteiger partial charge in [0.15, 0.2) is 0 Å². The average molecular weight is 258 g/mol. The van der Waals surface area contributed by atoms with E-state index in [1.165, 1.54) is 12.1 Å². The first kappa shape index (κ1) is 12.4. The lowest BCUT2D eigenvalue weighted by Crippen LogP contribution is -1.96. The molecule has 0 heterocycles. The van der Waals surface area contributed by atoms with E-state index < -0.39 is 11.7 Å². The van der Waals surface area contributed by atoms with Gasteiger partial charge in [-0.3, -0.25) is 0 Å². The third-order valence-electron chi connectivity index (χ3n) is 1.62. The molecule has 1 rings (SSSR count). The minimum atomic E-state index is -1.34. The fourth-order valence-electron chi connectivity index (χ4n) is 0.954. The normalized spacial score (nSPS) is 10.8. The van der Waals surface area contributed by atoms with Gasteiger partial charge in [-0.15, -0.1) is 0 Å². The second kappa shape index (κ2) is 5.42. The van der Waals surface area contributed by atoms with Crippen LogP contribution in [0, 0.1) is 0 Å². The Morgan fingerprint density at radius 3 is 2.75 bits per heavy atom. The SMILES string of the molecule is [N-]=[N+]=NC(=Cc1cc(Cl)ccc1Cl)C(=O)O. The van der Waals surface area contributed by atoms with Gasteiger partial charge >= 0.3 is 5.97 Å². The lowest BCUT2D eigenvalue weighted by molar-refractivity contribution is -0.132. The number of hydrogen-bond acceptors (Lipinski definition) is 2. The Bertz CT molecular complexity index is 503. The van der Waals surface area contributed by atoms with Gasteiger partial charge in [0.2, 0.25) is 0 Å². The highest BCUT2D eigenvalue weighted by atomic mass is 35.5. The van der Waals surface area contributed by atoms with Gasteiger partial charge in [0.1, 0.15) is 5.70 Å². The second-order valence-corrected chi connectivity index (χ2v) is 3.53. The van der Waals surface area contributed by atoms with Crippen LogP contribution in [0.2, 0.25) is 10.0 Å². The van der Waals surface area contributed by atoms with Crippen molar-refractivity contribution in [3.8, 4) is 0 Å². The van der Waals surface area contributed by atoms with Gasteiger partial charge in [-0.25, -0.2) is 4.79 Å². The van der Waals surface area contributed by atoms with Crippen molar-refractivity contribution < 1.29 is 9.90 Å². The molecule has 0 fully saturated rings. The van der Waals surface area contributed by atoms with E-state index in [-0.39, 0.29) is 0 Å². The maximum absolute atomic E-state index is 10.7. The van der Waals surface area contributed by atoms with Crippen molar-refractivity contribution >= 4 is 35.2 Å². The maximum atomic E-state index is 10.7. The molecule has 0 aliphatic rings. The molecule has 1 aromatic rings. The lowest BCUT2D eigenvalue weighted by atomic mass is 10.2. The number of nitrogens with zero attached hydrogens (tertiary/aromatic N) is 3. The number of carbonyl (C=O) groups is 1. The molecule has 0 spiro atoms. The molecule has 0 saturated carbocycles. The largest absolute Gasteiger partial charge is 0.478 e. The lowest BCUT2D eigenvalue weighted by Gasteiger charge is -1.99. The first-order valence-electron chi connectivity index (χ1n) is 3.99. The van der Waals surface area contributed by atoms with Crippen molar-refractivity contribution in [1.82, 2.24) is 0 Å². The molecule has 0 amide bonds. The summed E-state index contributed by atoms with van der Waals surface area (Å²) in [5.41, 5.74) is 8.10. The highest BCUT2D eigenvalue weighted by Crippen LogP contribution is 2.23. The van der Waals surface area contributed by atoms with Crippen LogP contribution in [0.15, 0.2) is 29.0 Å². The van der Waals surface area contributed by atoms with Crippen molar-refractivity contribution in [3.63, 3.8) is 0 Å². The summed E-state index contributed by atoms with van der Waals surface area (Å²) in [7, 11) is 0. The van der Waals surface area contributed by atoms with Crippen LogP contribution in [0.25, 0.3) is 16.5 Å². The first-order valence-corrected chi connectivity index (χ1v) is 4.75.